The van der Waals surface area contributed by atoms with Crippen LogP contribution >= 0.6 is 0 Å². The molecule has 0 spiro atoms. The summed E-state index contributed by atoms with van der Waals surface area (Å²) in [4.78, 5) is 9.22. The molecule has 0 N–H and O–H groups in total. The summed E-state index contributed by atoms with van der Waals surface area (Å²) in [5.41, 5.74) is 7.39. The predicted molar refractivity (Wildman–Crippen MR) is 202 cm³/mol. The smallest absolute Gasteiger partial charge is 0.244 e. The van der Waals surface area contributed by atoms with Crippen LogP contribution in [0.4, 0.5) is 0 Å². The van der Waals surface area contributed by atoms with Gasteiger partial charge in [-0.2, -0.15) is 0 Å². The molecule has 0 aliphatic rings. The maximum absolute atomic E-state index is 6.38. The number of benzene rings is 4. The van der Waals surface area contributed by atoms with Crippen LogP contribution in [-0.2, 0) is 11.1 Å². The molecule has 8 heteroatoms. The van der Waals surface area contributed by atoms with Crippen LogP contribution in [0, 0.1) is 12.7 Å². The monoisotopic (exact) mass is 684 g/mol. The summed E-state index contributed by atoms with van der Waals surface area (Å²) in [6.45, 7) is 13.1. The Morgan fingerprint density at radius 1 is 0.481 bits per heavy atom. The lowest BCUT2D eigenvalue weighted by molar-refractivity contribution is -0.573. The molecule has 0 saturated heterocycles. The number of pyridine rings is 2. The Balaban J connectivity index is 1.04. The van der Waals surface area contributed by atoms with Crippen LogP contribution in [0.5, 0.6) is 23.0 Å². The molecular formula is C44H40N6O2. The van der Waals surface area contributed by atoms with E-state index >= 15 is 0 Å². The van der Waals surface area contributed by atoms with Gasteiger partial charge in [0.15, 0.2) is 0 Å². The number of fused-ring (bicyclic) bond motifs is 2. The van der Waals surface area contributed by atoms with E-state index in [9.17, 15) is 0 Å². The third-order valence-corrected chi connectivity index (χ3v) is 8.82. The van der Waals surface area contributed by atoms with Crippen molar-refractivity contribution in [2.75, 3.05) is 0 Å². The molecule has 8 nitrogen and oxygen atoms in total. The number of rotatable bonds is 7. The molecule has 0 amide bonds. The quantitative estimate of drug-likeness (QED) is 0.124. The van der Waals surface area contributed by atoms with Crippen LogP contribution in [0.1, 0.15) is 41.5 Å². The van der Waals surface area contributed by atoms with Gasteiger partial charge in [-0.3, -0.25) is 9.97 Å². The number of para-hydroxylation sites is 4. The van der Waals surface area contributed by atoms with Crippen molar-refractivity contribution in [3.05, 3.63) is 146 Å². The molecule has 8 rings (SSSR count). The Labute approximate surface area is 303 Å². The lowest BCUT2D eigenvalue weighted by Gasteiger charge is -2.18. The van der Waals surface area contributed by atoms with E-state index in [4.69, 9.17) is 9.47 Å². The number of nitrogens with zero attached hydrogens (tertiary/aromatic N) is 6. The first kappa shape index (κ1) is 32.9. The van der Waals surface area contributed by atoms with Gasteiger partial charge in [-0.1, -0.05) is 72.8 Å². The molecule has 0 unspecified atom stereocenters. The normalized spacial score (nSPS) is 12.0. The highest BCUT2D eigenvalue weighted by molar-refractivity contribution is 5.73. The van der Waals surface area contributed by atoms with E-state index in [1.165, 1.54) is 0 Å². The molecule has 52 heavy (non-hydrogen) atoms. The molecule has 0 radical (unpaired) electrons. The van der Waals surface area contributed by atoms with Gasteiger partial charge in [-0.15, -0.1) is 0 Å². The lowest BCUT2D eigenvalue weighted by atomic mass is 10.1. The van der Waals surface area contributed by atoms with Crippen LogP contribution in [0.15, 0.2) is 134 Å². The summed E-state index contributed by atoms with van der Waals surface area (Å²) in [6, 6.07) is 40.2. The Morgan fingerprint density at radius 3 is 1.31 bits per heavy atom. The minimum atomic E-state index is -0.126. The van der Waals surface area contributed by atoms with E-state index in [0.717, 1.165) is 33.4 Å². The van der Waals surface area contributed by atoms with Crippen molar-refractivity contribution in [2.24, 2.45) is 0 Å². The van der Waals surface area contributed by atoms with Crippen molar-refractivity contribution < 1.29 is 18.6 Å². The summed E-state index contributed by atoms with van der Waals surface area (Å²) >= 11 is 0. The zero-order valence-electron chi connectivity index (χ0n) is 30.2. The van der Waals surface area contributed by atoms with Crippen LogP contribution in [0.2, 0.25) is 0 Å². The average molecular weight is 685 g/mol. The molecule has 0 fully saturated rings. The fourth-order valence-electron chi connectivity index (χ4n) is 6.39. The van der Waals surface area contributed by atoms with Gasteiger partial charge in [-0.05, 0) is 77.9 Å². The minimum Gasteiger partial charge on any atom is -0.458 e. The first-order valence-corrected chi connectivity index (χ1v) is 17.4. The van der Waals surface area contributed by atoms with E-state index < -0.39 is 0 Å². The first-order valence-electron chi connectivity index (χ1n) is 17.4. The lowest BCUT2D eigenvalue weighted by Crippen LogP contribution is -2.31. The van der Waals surface area contributed by atoms with Crippen molar-refractivity contribution in [1.29, 1.82) is 0 Å². The molecule has 0 atom stereocenters. The van der Waals surface area contributed by atoms with Crippen LogP contribution < -0.4 is 18.6 Å². The molecule has 4 heterocycles. The molecule has 258 valence electrons. The zero-order chi connectivity index (χ0) is 36.0. The fourth-order valence-corrected chi connectivity index (χ4v) is 6.39. The highest BCUT2D eigenvalue weighted by Gasteiger charge is 2.22. The third kappa shape index (κ3) is 6.39. The van der Waals surface area contributed by atoms with Gasteiger partial charge in [0.05, 0.1) is 55.9 Å². The van der Waals surface area contributed by atoms with Crippen LogP contribution in [-0.4, -0.2) is 19.1 Å². The van der Waals surface area contributed by atoms with Gasteiger partial charge in [0, 0.05) is 24.5 Å². The highest BCUT2D eigenvalue weighted by Crippen LogP contribution is 2.30. The van der Waals surface area contributed by atoms with Crippen molar-refractivity contribution in [1.82, 2.24) is 19.1 Å². The summed E-state index contributed by atoms with van der Waals surface area (Å²) < 4.78 is 21.3. The van der Waals surface area contributed by atoms with E-state index in [1.54, 1.807) is 12.4 Å². The Hall–Kier alpha value is -6.28. The number of ether oxygens (including phenoxy) is 2. The van der Waals surface area contributed by atoms with Gasteiger partial charge in [0.2, 0.25) is 12.7 Å². The van der Waals surface area contributed by atoms with E-state index in [-0.39, 0.29) is 11.1 Å². The summed E-state index contributed by atoms with van der Waals surface area (Å²) in [5.74, 6) is 2.70. The summed E-state index contributed by atoms with van der Waals surface area (Å²) in [6.07, 6.45) is 10.6. The van der Waals surface area contributed by atoms with Gasteiger partial charge in [0.25, 0.3) is 0 Å². The van der Waals surface area contributed by atoms with E-state index in [2.05, 4.69) is 143 Å². The van der Waals surface area contributed by atoms with Crippen LogP contribution in [0.25, 0.3) is 44.8 Å². The van der Waals surface area contributed by atoms with E-state index in [0.29, 0.717) is 34.4 Å². The number of hydrogen-bond acceptors (Lipinski definition) is 4. The molecular weight excluding hydrogens is 645 g/mol. The second kappa shape index (κ2) is 12.8. The van der Waals surface area contributed by atoms with Gasteiger partial charge in [0.1, 0.15) is 23.0 Å². The molecule has 4 aromatic heterocycles. The van der Waals surface area contributed by atoms with Crippen molar-refractivity contribution in [3.8, 4) is 45.8 Å². The minimum absolute atomic E-state index is 0.126. The van der Waals surface area contributed by atoms with Gasteiger partial charge < -0.3 is 27.7 Å². The van der Waals surface area contributed by atoms with Gasteiger partial charge >= 0.3 is 0 Å². The second-order valence-electron chi connectivity index (χ2n) is 14.8. The molecule has 0 bridgehead atoms. The maximum atomic E-state index is 6.38. The van der Waals surface area contributed by atoms with Crippen molar-refractivity contribution in [3.63, 3.8) is 0 Å². The van der Waals surface area contributed by atoms with Crippen molar-refractivity contribution in [2.45, 2.75) is 52.6 Å². The first-order chi connectivity index (χ1) is 25.0. The molecule has 0 saturated carbocycles. The Bertz CT molecular complexity index is 2390. The summed E-state index contributed by atoms with van der Waals surface area (Å²) in [5, 5.41) is 0. The van der Waals surface area contributed by atoms with Crippen molar-refractivity contribution >= 4 is 22.1 Å². The Kier molecular flexibility index (Phi) is 8.10. The predicted octanol–water partition coefficient (Wildman–Crippen LogP) is 9.30. The average Bonchev–Trinajstić information content (AvgIpc) is 3.73. The maximum Gasteiger partial charge on any atom is 0.244 e. The van der Waals surface area contributed by atoms with E-state index in [1.807, 2.05) is 60.7 Å². The van der Waals surface area contributed by atoms with Gasteiger partial charge in [-0.25, -0.2) is 0 Å². The topological polar surface area (TPSA) is 61.9 Å². The fraction of sp³-hybridized carbons (Fsp3) is 0.182. The molecule has 0 aliphatic carbocycles. The molecule has 8 aromatic rings. The Morgan fingerprint density at radius 2 is 0.885 bits per heavy atom. The summed E-state index contributed by atoms with van der Waals surface area (Å²) in [7, 11) is 0. The number of aromatic nitrogens is 6. The second-order valence-corrected chi connectivity index (χ2v) is 14.8. The number of imidazole rings is 2. The standard InChI is InChI=1S/C44H40N6O2/c1-43(2,3)49-29-47(39-17-7-9-19-41(39)49)31-13-11-15-33(25-31)51-35-21-23-45-37(27-35)38-28-36(22-24-46-38)52-34-16-12-14-32(26-34)48-30-50(44(4,5)6)42-20-10-8-18-40(42)48/h7-28H,1-6H3. The largest absolute Gasteiger partial charge is 0.458 e. The highest BCUT2D eigenvalue weighted by atomic mass is 16.5. The molecule has 4 aromatic carbocycles. The van der Waals surface area contributed by atoms with Crippen LogP contribution in [0.3, 0.4) is 0 Å². The SMILES string of the molecule is CC(C)(C)n1[c-][n+](-c2cccc(Oc3ccnc(-c4cc(Oc5cccc(-[n+]6[c-]n(C(C)(C)C)c7ccccc76)c5)ccn4)c3)c2)c2ccccc21. The zero-order valence-corrected chi connectivity index (χ0v) is 30.2. The third-order valence-electron chi connectivity index (χ3n) is 8.82. The number of hydrogen-bond donors (Lipinski definition) is 0. The molecule has 0 aliphatic heterocycles.